The van der Waals surface area contributed by atoms with Gasteiger partial charge in [0.15, 0.2) is 0 Å². The summed E-state index contributed by atoms with van der Waals surface area (Å²) in [6, 6.07) is 18.7. The van der Waals surface area contributed by atoms with Gasteiger partial charge in [-0.15, -0.1) is 0 Å². The standard InChI is InChI=1S/C28H31N7O2/c29-14-22-13-21(1-6-27(22)37-17-20-15-30-16-20)26-7-8-31-28(33-26)32-23-2-4-24(5-3-23)34-9-11-35(12-10-34)25-18-36-19-25/h1-8,13,20,25,30H,9-12,15-19H2,(H,31,32,33). The quantitative estimate of drug-likeness (QED) is 0.487. The van der Waals surface area contributed by atoms with Crippen molar-refractivity contribution in [1.29, 1.82) is 5.26 Å². The summed E-state index contributed by atoms with van der Waals surface area (Å²) < 4.78 is 11.2. The highest BCUT2D eigenvalue weighted by atomic mass is 16.5. The van der Waals surface area contributed by atoms with Gasteiger partial charge in [-0.3, -0.25) is 4.90 Å². The maximum Gasteiger partial charge on any atom is 0.227 e. The van der Waals surface area contributed by atoms with Crippen molar-refractivity contribution in [2.75, 3.05) is 69.3 Å². The lowest BCUT2D eigenvalue weighted by molar-refractivity contribution is -0.0660. The highest BCUT2D eigenvalue weighted by Gasteiger charge is 2.28. The number of ether oxygens (including phenoxy) is 2. The van der Waals surface area contributed by atoms with Crippen molar-refractivity contribution in [3.05, 3.63) is 60.3 Å². The van der Waals surface area contributed by atoms with Crippen molar-refractivity contribution in [2.45, 2.75) is 6.04 Å². The molecule has 1 aromatic heterocycles. The van der Waals surface area contributed by atoms with Gasteiger partial charge in [-0.2, -0.15) is 5.26 Å². The van der Waals surface area contributed by atoms with Crippen LogP contribution in [0.4, 0.5) is 17.3 Å². The van der Waals surface area contributed by atoms with Crippen LogP contribution in [-0.4, -0.2) is 80.0 Å². The Morgan fingerprint density at radius 1 is 1.05 bits per heavy atom. The zero-order valence-corrected chi connectivity index (χ0v) is 20.8. The second-order valence-electron chi connectivity index (χ2n) is 9.81. The molecule has 0 bridgehead atoms. The lowest BCUT2D eigenvalue weighted by atomic mass is 10.0. The van der Waals surface area contributed by atoms with Gasteiger partial charge in [-0.1, -0.05) is 0 Å². The molecular formula is C28H31N7O2. The third kappa shape index (κ3) is 5.37. The second-order valence-corrected chi connectivity index (χ2v) is 9.81. The van der Waals surface area contributed by atoms with Gasteiger partial charge in [0.1, 0.15) is 11.8 Å². The molecule has 2 aromatic carbocycles. The predicted octanol–water partition coefficient (Wildman–Crippen LogP) is 2.88. The molecule has 0 spiro atoms. The van der Waals surface area contributed by atoms with Crippen LogP contribution in [0.2, 0.25) is 0 Å². The molecule has 0 atom stereocenters. The average molecular weight is 498 g/mol. The third-order valence-corrected chi connectivity index (χ3v) is 7.33. The number of aromatic nitrogens is 2. The zero-order chi connectivity index (χ0) is 25.0. The normalized spacial score (nSPS) is 18.5. The molecule has 9 heteroatoms. The molecule has 0 amide bonds. The highest BCUT2D eigenvalue weighted by Crippen LogP contribution is 2.27. The van der Waals surface area contributed by atoms with E-state index in [-0.39, 0.29) is 0 Å². The van der Waals surface area contributed by atoms with E-state index >= 15 is 0 Å². The molecule has 6 rings (SSSR count). The number of hydrogen-bond acceptors (Lipinski definition) is 9. The molecular weight excluding hydrogens is 466 g/mol. The Labute approximate surface area is 217 Å². The summed E-state index contributed by atoms with van der Waals surface area (Å²) in [7, 11) is 0. The van der Waals surface area contributed by atoms with Gasteiger partial charge in [0.2, 0.25) is 5.95 Å². The van der Waals surface area contributed by atoms with Gasteiger partial charge in [0, 0.05) is 68.3 Å². The molecule has 9 nitrogen and oxygen atoms in total. The molecule has 37 heavy (non-hydrogen) atoms. The first-order chi connectivity index (χ1) is 18.2. The van der Waals surface area contributed by atoms with Crippen LogP contribution in [0, 0.1) is 17.2 Å². The smallest absolute Gasteiger partial charge is 0.227 e. The van der Waals surface area contributed by atoms with Gasteiger partial charge >= 0.3 is 0 Å². The van der Waals surface area contributed by atoms with E-state index < -0.39 is 0 Å². The number of hydrogen-bond donors (Lipinski definition) is 2. The maximum atomic E-state index is 9.65. The third-order valence-electron chi connectivity index (χ3n) is 7.33. The van der Waals surface area contributed by atoms with E-state index in [0.717, 1.165) is 69.4 Å². The zero-order valence-electron chi connectivity index (χ0n) is 20.8. The first kappa shape index (κ1) is 23.7. The Balaban J connectivity index is 1.09. The SMILES string of the molecule is N#Cc1cc(-c2ccnc(Nc3ccc(N4CCN(C5COC5)CC4)cc3)n2)ccc1OCC1CNC1. The van der Waals surface area contributed by atoms with Gasteiger partial charge in [0.05, 0.1) is 37.1 Å². The summed E-state index contributed by atoms with van der Waals surface area (Å²) in [4.78, 5) is 14.0. The fourth-order valence-electron chi connectivity index (χ4n) is 4.82. The number of nitrogens with zero attached hydrogens (tertiary/aromatic N) is 5. The summed E-state index contributed by atoms with van der Waals surface area (Å²) in [5.41, 5.74) is 4.26. The first-order valence-electron chi connectivity index (χ1n) is 12.9. The topological polar surface area (TPSA) is 98.6 Å². The monoisotopic (exact) mass is 497 g/mol. The van der Waals surface area contributed by atoms with Crippen LogP contribution in [-0.2, 0) is 4.74 Å². The highest BCUT2D eigenvalue weighted by molar-refractivity contribution is 5.66. The molecule has 0 saturated carbocycles. The van der Waals surface area contributed by atoms with E-state index in [9.17, 15) is 5.26 Å². The lowest BCUT2D eigenvalue weighted by Crippen LogP contribution is -2.56. The van der Waals surface area contributed by atoms with Gasteiger partial charge in [0.25, 0.3) is 0 Å². The van der Waals surface area contributed by atoms with Gasteiger partial charge < -0.3 is 25.0 Å². The molecule has 0 unspecified atom stereocenters. The molecule has 3 aliphatic heterocycles. The van der Waals surface area contributed by atoms with E-state index in [4.69, 9.17) is 9.47 Å². The van der Waals surface area contributed by atoms with Crippen molar-refractivity contribution in [3.63, 3.8) is 0 Å². The van der Waals surface area contributed by atoms with E-state index in [1.807, 2.05) is 24.3 Å². The van der Waals surface area contributed by atoms with Crippen molar-refractivity contribution < 1.29 is 9.47 Å². The summed E-state index contributed by atoms with van der Waals surface area (Å²) in [6.07, 6.45) is 1.73. The molecule has 2 N–H and O–H groups in total. The first-order valence-corrected chi connectivity index (χ1v) is 12.9. The largest absolute Gasteiger partial charge is 0.492 e. The maximum absolute atomic E-state index is 9.65. The van der Waals surface area contributed by atoms with Crippen LogP contribution in [0.3, 0.4) is 0 Å². The Kier molecular flexibility index (Phi) is 6.86. The van der Waals surface area contributed by atoms with E-state index in [2.05, 4.69) is 60.7 Å². The number of rotatable bonds is 8. The van der Waals surface area contributed by atoms with Crippen LogP contribution >= 0.6 is 0 Å². The lowest BCUT2D eigenvalue weighted by Gasteiger charge is -2.43. The number of piperazine rings is 1. The molecule has 3 saturated heterocycles. The molecule has 4 heterocycles. The van der Waals surface area contributed by atoms with E-state index in [0.29, 0.717) is 35.8 Å². The minimum absolute atomic E-state index is 0.508. The fourth-order valence-corrected chi connectivity index (χ4v) is 4.82. The van der Waals surface area contributed by atoms with Crippen LogP contribution in [0.15, 0.2) is 54.7 Å². The molecule has 3 fully saturated rings. The molecule has 190 valence electrons. The Bertz CT molecular complexity index is 1260. The summed E-state index contributed by atoms with van der Waals surface area (Å²) >= 11 is 0. The molecule has 0 radical (unpaired) electrons. The van der Waals surface area contributed by atoms with Crippen LogP contribution in [0.1, 0.15) is 5.56 Å². The Morgan fingerprint density at radius 2 is 1.86 bits per heavy atom. The summed E-state index contributed by atoms with van der Waals surface area (Å²) in [6.45, 7) is 8.51. The minimum atomic E-state index is 0.508. The van der Waals surface area contributed by atoms with Crippen molar-refractivity contribution >= 4 is 17.3 Å². The van der Waals surface area contributed by atoms with Crippen molar-refractivity contribution in [3.8, 4) is 23.1 Å². The average Bonchev–Trinajstić information content (AvgIpc) is 2.88. The number of anilines is 3. The number of benzene rings is 2. The Morgan fingerprint density at radius 3 is 2.54 bits per heavy atom. The molecule has 0 aliphatic carbocycles. The van der Waals surface area contributed by atoms with Crippen molar-refractivity contribution in [2.24, 2.45) is 5.92 Å². The predicted molar refractivity (Wildman–Crippen MR) is 142 cm³/mol. The van der Waals surface area contributed by atoms with E-state index in [1.54, 1.807) is 6.20 Å². The minimum Gasteiger partial charge on any atom is -0.492 e. The fraction of sp³-hybridized carbons (Fsp3) is 0.393. The van der Waals surface area contributed by atoms with Crippen LogP contribution in [0.25, 0.3) is 11.3 Å². The Hall–Kier alpha value is -3.71. The van der Waals surface area contributed by atoms with Gasteiger partial charge in [-0.05, 0) is 48.5 Å². The van der Waals surface area contributed by atoms with Crippen LogP contribution in [0.5, 0.6) is 5.75 Å². The van der Waals surface area contributed by atoms with Crippen LogP contribution < -0.4 is 20.3 Å². The second kappa shape index (κ2) is 10.7. The van der Waals surface area contributed by atoms with Crippen molar-refractivity contribution in [1.82, 2.24) is 20.2 Å². The summed E-state index contributed by atoms with van der Waals surface area (Å²) in [5, 5.41) is 16.2. The summed E-state index contributed by atoms with van der Waals surface area (Å²) in [5.74, 6) is 1.63. The molecule has 3 aromatic rings. The van der Waals surface area contributed by atoms with Gasteiger partial charge in [-0.25, -0.2) is 9.97 Å². The van der Waals surface area contributed by atoms with E-state index in [1.165, 1.54) is 5.69 Å². The molecule has 3 aliphatic rings. The number of nitriles is 1. The number of nitrogens with one attached hydrogen (secondary N) is 2.